The number of phenols is 2. The van der Waals surface area contributed by atoms with E-state index in [0.29, 0.717) is 6.42 Å². The molecule has 0 bridgehead atoms. The molecule has 2 atom stereocenters. The molecular formula is C16H15NO4. The molecule has 0 radical (unpaired) electrons. The molecule has 4 N–H and O–H groups in total. The molecule has 3 rings (SSSR count). The van der Waals surface area contributed by atoms with Gasteiger partial charge in [0.25, 0.3) is 5.91 Å². The summed E-state index contributed by atoms with van der Waals surface area (Å²) in [7, 11) is 0. The van der Waals surface area contributed by atoms with Crippen LogP contribution in [-0.2, 0) is 6.42 Å². The fourth-order valence-corrected chi connectivity index (χ4v) is 2.68. The molecule has 5 nitrogen and oxygen atoms in total. The van der Waals surface area contributed by atoms with Crippen molar-refractivity contribution in [3.05, 3.63) is 59.2 Å². The van der Waals surface area contributed by atoms with E-state index in [1.165, 1.54) is 18.2 Å². The van der Waals surface area contributed by atoms with E-state index in [2.05, 4.69) is 5.32 Å². The Labute approximate surface area is 121 Å². The van der Waals surface area contributed by atoms with Gasteiger partial charge in [0.05, 0.1) is 17.7 Å². The standard InChI is InChI=1S/C16H15NO4/c18-12-7-3-6-11(15(12)20)16(21)17-14-10-5-2-1-4-9(10)8-13(14)19/h1-7,13-14,18-20H,8H2,(H,17,21). The number of aliphatic hydroxyl groups is 1. The summed E-state index contributed by atoms with van der Waals surface area (Å²) < 4.78 is 0. The molecule has 2 aromatic rings. The Balaban J connectivity index is 1.87. The molecule has 1 amide bonds. The minimum Gasteiger partial charge on any atom is -0.504 e. The fraction of sp³-hybridized carbons (Fsp3) is 0.188. The number of para-hydroxylation sites is 1. The van der Waals surface area contributed by atoms with Crippen LogP contribution in [0.3, 0.4) is 0 Å². The first-order valence-corrected chi connectivity index (χ1v) is 6.65. The minimum atomic E-state index is -0.703. The largest absolute Gasteiger partial charge is 0.504 e. The van der Waals surface area contributed by atoms with Crippen molar-refractivity contribution in [2.45, 2.75) is 18.6 Å². The maximum Gasteiger partial charge on any atom is 0.255 e. The number of aromatic hydroxyl groups is 2. The lowest BCUT2D eigenvalue weighted by atomic mass is 10.1. The Hall–Kier alpha value is -2.53. The van der Waals surface area contributed by atoms with Gasteiger partial charge < -0.3 is 20.6 Å². The molecular weight excluding hydrogens is 270 g/mol. The fourth-order valence-electron chi connectivity index (χ4n) is 2.68. The van der Waals surface area contributed by atoms with Gasteiger partial charge in [-0.05, 0) is 23.3 Å². The highest BCUT2D eigenvalue weighted by atomic mass is 16.3. The van der Waals surface area contributed by atoms with Gasteiger partial charge in [0.1, 0.15) is 0 Å². The second-order valence-corrected chi connectivity index (χ2v) is 5.09. The Morgan fingerprint density at radius 1 is 1.10 bits per heavy atom. The van der Waals surface area contributed by atoms with Crippen molar-refractivity contribution >= 4 is 5.91 Å². The molecule has 0 spiro atoms. The Bertz CT molecular complexity index is 698. The monoisotopic (exact) mass is 285 g/mol. The molecule has 1 aliphatic rings. The summed E-state index contributed by atoms with van der Waals surface area (Å²) in [6.45, 7) is 0. The van der Waals surface area contributed by atoms with Crippen molar-refractivity contribution in [2.75, 3.05) is 0 Å². The Kier molecular flexibility index (Phi) is 3.27. The third-order valence-electron chi connectivity index (χ3n) is 3.75. The van der Waals surface area contributed by atoms with Crippen molar-refractivity contribution < 1.29 is 20.1 Å². The van der Waals surface area contributed by atoms with Crippen LogP contribution < -0.4 is 5.32 Å². The highest BCUT2D eigenvalue weighted by Crippen LogP contribution is 2.33. The molecule has 0 saturated carbocycles. The van der Waals surface area contributed by atoms with Gasteiger partial charge in [-0.2, -0.15) is 0 Å². The van der Waals surface area contributed by atoms with E-state index < -0.39 is 23.8 Å². The van der Waals surface area contributed by atoms with E-state index in [-0.39, 0.29) is 11.3 Å². The van der Waals surface area contributed by atoms with Crippen molar-refractivity contribution in [3.8, 4) is 11.5 Å². The van der Waals surface area contributed by atoms with Crippen molar-refractivity contribution in [1.82, 2.24) is 5.32 Å². The van der Waals surface area contributed by atoms with Crippen LogP contribution in [0.2, 0.25) is 0 Å². The number of phenolic OH excluding ortho intramolecular Hbond substituents is 2. The number of amides is 1. The number of hydrogen-bond donors (Lipinski definition) is 4. The third-order valence-corrected chi connectivity index (χ3v) is 3.75. The first kappa shape index (κ1) is 13.5. The van der Waals surface area contributed by atoms with E-state index in [4.69, 9.17) is 0 Å². The zero-order valence-corrected chi connectivity index (χ0v) is 11.2. The van der Waals surface area contributed by atoms with Gasteiger partial charge in [-0.3, -0.25) is 4.79 Å². The zero-order chi connectivity index (χ0) is 15.0. The van der Waals surface area contributed by atoms with E-state index in [1.54, 1.807) is 0 Å². The molecule has 2 unspecified atom stereocenters. The molecule has 0 heterocycles. The van der Waals surface area contributed by atoms with Gasteiger partial charge in [0.2, 0.25) is 0 Å². The number of rotatable bonds is 2. The molecule has 0 aliphatic heterocycles. The van der Waals surface area contributed by atoms with E-state index in [1.807, 2.05) is 24.3 Å². The number of carbonyl (C=O) groups excluding carboxylic acids is 1. The first-order chi connectivity index (χ1) is 10.1. The molecule has 1 aliphatic carbocycles. The van der Waals surface area contributed by atoms with Crippen molar-refractivity contribution in [3.63, 3.8) is 0 Å². The number of carbonyl (C=O) groups is 1. The van der Waals surface area contributed by atoms with E-state index >= 15 is 0 Å². The average molecular weight is 285 g/mol. The summed E-state index contributed by atoms with van der Waals surface area (Å²) in [4.78, 5) is 12.2. The maximum absolute atomic E-state index is 12.2. The molecule has 0 aromatic heterocycles. The third kappa shape index (κ3) is 2.32. The van der Waals surface area contributed by atoms with Crippen LogP contribution in [0.5, 0.6) is 11.5 Å². The number of benzene rings is 2. The summed E-state index contributed by atoms with van der Waals surface area (Å²) in [5.41, 5.74) is 1.85. The lowest BCUT2D eigenvalue weighted by Gasteiger charge is -2.18. The molecule has 2 aromatic carbocycles. The molecule has 5 heteroatoms. The normalized spacial score (nSPS) is 20.0. The summed E-state index contributed by atoms with van der Waals surface area (Å²) >= 11 is 0. The summed E-state index contributed by atoms with van der Waals surface area (Å²) in [6, 6.07) is 11.2. The predicted octanol–water partition coefficient (Wildman–Crippen LogP) is 1.49. The molecule has 0 saturated heterocycles. The van der Waals surface area contributed by atoms with Gasteiger partial charge in [0.15, 0.2) is 11.5 Å². The summed E-state index contributed by atoms with van der Waals surface area (Å²) in [5, 5.41) is 32.0. The van der Waals surface area contributed by atoms with Gasteiger partial charge in [-0.15, -0.1) is 0 Å². The minimum absolute atomic E-state index is 0.0217. The lowest BCUT2D eigenvalue weighted by Crippen LogP contribution is -2.33. The molecule has 0 fully saturated rings. The van der Waals surface area contributed by atoms with Gasteiger partial charge in [-0.1, -0.05) is 30.3 Å². The second-order valence-electron chi connectivity index (χ2n) is 5.09. The van der Waals surface area contributed by atoms with Crippen LogP contribution in [-0.4, -0.2) is 27.3 Å². The quantitative estimate of drug-likeness (QED) is 0.629. The van der Waals surface area contributed by atoms with Crippen LogP contribution in [0.15, 0.2) is 42.5 Å². The Morgan fingerprint density at radius 3 is 2.67 bits per heavy atom. The summed E-state index contributed by atoms with van der Waals surface area (Å²) in [5.74, 6) is -1.35. The number of aliphatic hydroxyl groups excluding tert-OH is 1. The van der Waals surface area contributed by atoms with Gasteiger partial charge >= 0.3 is 0 Å². The first-order valence-electron chi connectivity index (χ1n) is 6.65. The second kappa shape index (κ2) is 5.10. The van der Waals surface area contributed by atoms with Gasteiger partial charge in [-0.25, -0.2) is 0 Å². The van der Waals surface area contributed by atoms with Crippen LogP contribution in [0.25, 0.3) is 0 Å². The number of fused-ring (bicyclic) bond motifs is 1. The van der Waals surface area contributed by atoms with Crippen LogP contribution in [0.4, 0.5) is 0 Å². The smallest absolute Gasteiger partial charge is 0.255 e. The molecule has 108 valence electrons. The predicted molar refractivity (Wildman–Crippen MR) is 76.1 cm³/mol. The topological polar surface area (TPSA) is 89.8 Å². The maximum atomic E-state index is 12.2. The van der Waals surface area contributed by atoms with Crippen molar-refractivity contribution in [2.24, 2.45) is 0 Å². The summed E-state index contributed by atoms with van der Waals surface area (Å²) in [6.07, 6.45) is -0.224. The lowest BCUT2D eigenvalue weighted by molar-refractivity contribution is 0.0855. The van der Waals surface area contributed by atoms with Crippen LogP contribution in [0.1, 0.15) is 27.5 Å². The van der Waals surface area contributed by atoms with Crippen molar-refractivity contribution in [1.29, 1.82) is 0 Å². The highest BCUT2D eigenvalue weighted by molar-refractivity contribution is 5.97. The number of hydrogen-bond acceptors (Lipinski definition) is 4. The SMILES string of the molecule is O=C(NC1c2ccccc2CC1O)c1cccc(O)c1O. The van der Waals surface area contributed by atoms with Crippen LogP contribution in [0, 0.1) is 0 Å². The average Bonchev–Trinajstić information content (AvgIpc) is 2.78. The molecule has 21 heavy (non-hydrogen) atoms. The van der Waals surface area contributed by atoms with Crippen LogP contribution >= 0.6 is 0 Å². The zero-order valence-electron chi connectivity index (χ0n) is 11.2. The highest BCUT2D eigenvalue weighted by Gasteiger charge is 2.32. The number of nitrogens with one attached hydrogen (secondary N) is 1. The van der Waals surface area contributed by atoms with Gasteiger partial charge in [0, 0.05) is 6.42 Å². The Morgan fingerprint density at radius 2 is 1.86 bits per heavy atom. The van der Waals surface area contributed by atoms with E-state index in [9.17, 15) is 20.1 Å². The van der Waals surface area contributed by atoms with E-state index in [0.717, 1.165) is 11.1 Å².